The van der Waals surface area contributed by atoms with Crippen LogP contribution in [0.5, 0.6) is 17.2 Å². The molecule has 2 aromatic carbocycles. The number of hydrogen-bond acceptors (Lipinski definition) is 9. The number of furan rings is 1. The highest BCUT2D eigenvalue weighted by molar-refractivity contribution is 7.90. The van der Waals surface area contributed by atoms with Crippen LogP contribution in [0.4, 0.5) is 0 Å². The first-order valence-electron chi connectivity index (χ1n) is 9.45. The van der Waals surface area contributed by atoms with Gasteiger partial charge in [-0.1, -0.05) is 5.16 Å². The van der Waals surface area contributed by atoms with Crippen molar-refractivity contribution in [1.82, 2.24) is 10.1 Å². The average Bonchev–Trinajstić information content (AvgIpc) is 3.48. The Kier molecular flexibility index (Phi) is 5.87. The van der Waals surface area contributed by atoms with E-state index in [-0.39, 0.29) is 28.1 Å². The molecule has 0 bridgehead atoms. The predicted octanol–water partition coefficient (Wildman–Crippen LogP) is 4.00. The molecule has 0 fully saturated rings. The number of nitrogens with zero attached hydrogens (tertiary/aromatic N) is 2. The lowest BCUT2D eigenvalue weighted by molar-refractivity contribution is 0.394. The summed E-state index contributed by atoms with van der Waals surface area (Å²) in [6.45, 7) is 0. The summed E-state index contributed by atoms with van der Waals surface area (Å²) in [5, 5.41) is 3.97. The van der Waals surface area contributed by atoms with Crippen molar-refractivity contribution in [3.8, 4) is 40.3 Å². The second kappa shape index (κ2) is 8.75. The molecule has 0 unspecified atom stereocenters. The van der Waals surface area contributed by atoms with E-state index >= 15 is 0 Å². The van der Waals surface area contributed by atoms with E-state index in [2.05, 4.69) is 10.1 Å². The van der Waals surface area contributed by atoms with Crippen LogP contribution < -0.4 is 14.2 Å². The van der Waals surface area contributed by atoms with Crippen LogP contribution in [0.1, 0.15) is 5.76 Å². The first-order valence-corrected chi connectivity index (χ1v) is 11.1. The summed E-state index contributed by atoms with van der Waals surface area (Å²) >= 11 is 0. The molecule has 0 atom stereocenters. The predicted molar refractivity (Wildman–Crippen MR) is 114 cm³/mol. The largest absolute Gasteiger partial charge is 0.497 e. The van der Waals surface area contributed by atoms with E-state index in [0.717, 1.165) is 0 Å². The molecular formula is C22H20N2O7S. The third-order valence-electron chi connectivity index (χ3n) is 4.66. The Labute approximate surface area is 184 Å². The van der Waals surface area contributed by atoms with Crippen LogP contribution in [0.2, 0.25) is 0 Å². The molecule has 0 N–H and O–H groups in total. The standard InChI is InChI=1S/C22H20N2O7S/c1-27-15-4-7-19(8-5-15)32(25,26)13-16-6-9-20(30-16)22-23-21(24-31-22)14-10-17(28-2)12-18(11-14)29-3/h4-12H,13H2,1-3H3. The summed E-state index contributed by atoms with van der Waals surface area (Å²) in [5.74, 6) is 2.36. The van der Waals surface area contributed by atoms with Gasteiger partial charge in [0.15, 0.2) is 15.6 Å². The van der Waals surface area contributed by atoms with Crippen molar-refractivity contribution in [3.63, 3.8) is 0 Å². The molecule has 0 aliphatic carbocycles. The van der Waals surface area contributed by atoms with Gasteiger partial charge in [-0.05, 0) is 48.5 Å². The topological polar surface area (TPSA) is 114 Å². The maximum atomic E-state index is 12.7. The molecule has 0 spiro atoms. The van der Waals surface area contributed by atoms with E-state index in [1.807, 2.05) is 0 Å². The van der Waals surface area contributed by atoms with Crippen molar-refractivity contribution in [2.75, 3.05) is 21.3 Å². The van der Waals surface area contributed by atoms with Crippen LogP contribution in [0.25, 0.3) is 23.0 Å². The van der Waals surface area contributed by atoms with Gasteiger partial charge in [0.2, 0.25) is 5.82 Å². The minimum Gasteiger partial charge on any atom is -0.497 e. The SMILES string of the molecule is COc1ccc(S(=O)(=O)Cc2ccc(-c3nc(-c4cc(OC)cc(OC)c4)no3)o2)cc1. The Morgan fingerprint density at radius 3 is 2.12 bits per heavy atom. The Morgan fingerprint density at radius 1 is 0.844 bits per heavy atom. The molecule has 0 aliphatic rings. The van der Waals surface area contributed by atoms with Gasteiger partial charge in [-0.15, -0.1) is 0 Å². The number of hydrogen-bond donors (Lipinski definition) is 0. The highest BCUT2D eigenvalue weighted by atomic mass is 32.2. The average molecular weight is 456 g/mol. The highest BCUT2D eigenvalue weighted by Crippen LogP contribution is 2.30. The lowest BCUT2D eigenvalue weighted by atomic mass is 10.2. The Balaban J connectivity index is 1.55. The molecular weight excluding hydrogens is 436 g/mol. The van der Waals surface area contributed by atoms with E-state index < -0.39 is 9.84 Å². The number of rotatable bonds is 8. The zero-order valence-corrected chi connectivity index (χ0v) is 18.4. The Morgan fingerprint density at radius 2 is 1.50 bits per heavy atom. The summed E-state index contributed by atoms with van der Waals surface area (Å²) in [6.07, 6.45) is 0. The van der Waals surface area contributed by atoms with Crippen LogP contribution in [-0.4, -0.2) is 39.9 Å². The second-order valence-electron chi connectivity index (χ2n) is 6.73. The number of ether oxygens (including phenoxy) is 3. The minimum atomic E-state index is -3.60. The van der Waals surface area contributed by atoms with E-state index in [1.54, 1.807) is 56.7 Å². The van der Waals surface area contributed by atoms with Crippen molar-refractivity contribution in [3.05, 3.63) is 60.4 Å². The van der Waals surface area contributed by atoms with Gasteiger partial charge in [-0.3, -0.25) is 0 Å². The van der Waals surface area contributed by atoms with Crippen molar-refractivity contribution >= 4 is 9.84 Å². The molecule has 166 valence electrons. The molecule has 0 aliphatic heterocycles. The molecule has 2 aromatic heterocycles. The highest BCUT2D eigenvalue weighted by Gasteiger charge is 2.20. The first kappa shape index (κ1) is 21.4. The van der Waals surface area contributed by atoms with Crippen molar-refractivity contribution < 1.29 is 31.6 Å². The maximum Gasteiger partial charge on any atom is 0.293 e. The van der Waals surface area contributed by atoms with Gasteiger partial charge in [-0.2, -0.15) is 4.98 Å². The molecule has 32 heavy (non-hydrogen) atoms. The molecule has 0 radical (unpaired) electrons. The fraction of sp³-hybridized carbons (Fsp3) is 0.182. The zero-order chi connectivity index (χ0) is 22.7. The van der Waals surface area contributed by atoms with E-state index in [4.69, 9.17) is 23.2 Å². The van der Waals surface area contributed by atoms with E-state index in [9.17, 15) is 8.42 Å². The zero-order valence-electron chi connectivity index (χ0n) is 17.6. The number of aromatic nitrogens is 2. The summed E-state index contributed by atoms with van der Waals surface area (Å²) < 4.78 is 51.9. The minimum absolute atomic E-state index is 0.120. The summed E-state index contributed by atoms with van der Waals surface area (Å²) in [4.78, 5) is 4.51. The third kappa shape index (κ3) is 4.45. The molecule has 4 rings (SSSR count). The van der Waals surface area contributed by atoms with Gasteiger partial charge in [0.1, 0.15) is 28.8 Å². The Bertz CT molecular complexity index is 1300. The van der Waals surface area contributed by atoms with Crippen LogP contribution in [0.3, 0.4) is 0 Å². The Hall–Kier alpha value is -3.79. The van der Waals surface area contributed by atoms with Crippen LogP contribution in [0, 0.1) is 0 Å². The van der Waals surface area contributed by atoms with Crippen LogP contribution in [0.15, 0.2) is 68.4 Å². The monoisotopic (exact) mass is 456 g/mol. The van der Waals surface area contributed by atoms with Gasteiger partial charge in [-0.25, -0.2) is 8.42 Å². The molecule has 0 amide bonds. The maximum absolute atomic E-state index is 12.7. The van der Waals surface area contributed by atoms with Crippen LogP contribution >= 0.6 is 0 Å². The van der Waals surface area contributed by atoms with Crippen LogP contribution in [-0.2, 0) is 15.6 Å². The van der Waals surface area contributed by atoms with Gasteiger partial charge in [0.05, 0.1) is 26.2 Å². The summed E-state index contributed by atoms with van der Waals surface area (Å²) in [5.41, 5.74) is 0.630. The molecule has 10 heteroatoms. The number of benzene rings is 2. The first-order chi connectivity index (χ1) is 15.4. The third-order valence-corrected chi connectivity index (χ3v) is 6.31. The van der Waals surface area contributed by atoms with Gasteiger partial charge in [0, 0.05) is 11.6 Å². The summed E-state index contributed by atoms with van der Waals surface area (Å²) in [7, 11) is 1.00. The van der Waals surface area contributed by atoms with Crippen molar-refractivity contribution in [2.45, 2.75) is 10.6 Å². The summed E-state index contributed by atoms with van der Waals surface area (Å²) in [6, 6.07) is 14.5. The quantitative estimate of drug-likeness (QED) is 0.388. The molecule has 9 nitrogen and oxygen atoms in total. The second-order valence-corrected chi connectivity index (χ2v) is 8.71. The van der Waals surface area contributed by atoms with Crippen molar-refractivity contribution in [1.29, 1.82) is 0 Å². The smallest absolute Gasteiger partial charge is 0.293 e. The molecule has 4 aromatic rings. The van der Waals surface area contributed by atoms with Gasteiger partial charge >= 0.3 is 0 Å². The molecule has 2 heterocycles. The number of sulfone groups is 1. The van der Waals surface area contributed by atoms with Crippen molar-refractivity contribution in [2.24, 2.45) is 0 Å². The van der Waals surface area contributed by atoms with E-state index in [1.165, 1.54) is 19.2 Å². The number of methoxy groups -OCH3 is 3. The lowest BCUT2D eigenvalue weighted by Crippen LogP contribution is -2.04. The van der Waals surface area contributed by atoms with E-state index in [0.29, 0.717) is 28.6 Å². The van der Waals surface area contributed by atoms with Gasteiger partial charge < -0.3 is 23.2 Å². The fourth-order valence-corrected chi connectivity index (χ4v) is 4.25. The van der Waals surface area contributed by atoms with Gasteiger partial charge in [0.25, 0.3) is 5.89 Å². The molecule has 0 saturated carbocycles. The normalized spacial score (nSPS) is 11.3. The lowest BCUT2D eigenvalue weighted by Gasteiger charge is -2.05. The molecule has 0 saturated heterocycles. The fourth-order valence-electron chi connectivity index (χ4n) is 3.00.